The standard InChI is InChI=1S/C16H20BrNO3/c1-11-5-4-7-13(15(11)17)16(21)18-10-3-2-6-12(18)8-9-14(19)20/h4-5,7,12H,2-3,6,8-10H2,1H3,(H,19,20). The van der Waals surface area contributed by atoms with Crippen molar-refractivity contribution >= 4 is 27.8 Å². The molecular weight excluding hydrogens is 334 g/mol. The van der Waals surface area contributed by atoms with Crippen LogP contribution >= 0.6 is 15.9 Å². The molecule has 1 aromatic rings. The van der Waals surface area contributed by atoms with Crippen LogP contribution in [-0.4, -0.2) is 34.5 Å². The summed E-state index contributed by atoms with van der Waals surface area (Å²) in [5, 5.41) is 8.86. The molecule has 114 valence electrons. The van der Waals surface area contributed by atoms with Gasteiger partial charge in [0.2, 0.25) is 0 Å². The van der Waals surface area contributed by atoms with Crippen LogP contribution in [0.25, 0.3) is 0 Å². The van der Waals surface area contributed by atoms with E-state index in [9.17, 15) is 9.59 Å². The number of benzene rings is 1. The number of amides is 1. The van der Waals surface area contributed by atoms with Crippen molar-refractivity contribution in [2.45, 2.75) is 45.1 Å². The monoisotopic (exact) mass is 353 g/mol. The highest BCUT2D eigenvalue weighted by Gasteiger charge is 2.28. The van der Waals surface area contributed by atoms with E-state index in [4.69, 9.17) is 5.11 Å². The molecule has 1 fully saturated rings. The average molecular weight is 354 g/mol. The zero-order chi connectivity index (χ0) is 15.4. The van der Waals surface area contributed by atoms with E-state index in [-0.39, 0.29) is 18.4 Å². The Morgan fingerprint density at radius 2 is 2.14 bits per heavy atom. The fourth-order valence-electron chi connectivity index (χ4n) is 2.83. The number of likely N-dealkylation sites (tertiary alicyclic amines) is 1. The molecule has 0 spiro atoms. The fraction of sp³-hybridized carbons (Fsp3) is 0.500. The quantitative estimate of drug-likeness (QED) is 0.899. The number of hydrogen-bond donors (Lipinski definition) is 1. The van der Waals surface area contributed by atoms with Gasteiger partial charge in [0.05, 0.1) is 5.56 Å². The first-order chi connectivity index (χ1) is 10.0. The molecule has 1 N–H and O–H groups in total. The Morgan fingerprint density at radius 3 is 2.86 bits per heavy atom. The Balaban J connectivity index is 2.18. The van der Waals surface area contributed by atoms with Crippen molar-refractivity contribution in [2.75, 3.05) is 6.54 Å². The summed E-state index contributed by atoms with van der Waals surface area (Å²) in [5.41, 5.74) is 1.69. The van der Waals surface area contributed by atoms with Crippen molar-refractivity contribution in [2.24, 2.45) is 0 Å². The number of rotatable bonds is 4. The number of carbonyl (C=O) groups is 2. The minimum Gasteiger partial charge on any atom is -0.481 e. The molecule has 0 saturated carbocycles. The highest BCUT2D eigenvalue weighted by molar-refractivity contribution is 9.10. The summed E-state index contributed by atoms with van der Waals surface area (Å²) in [5.74, 6) is -0.801. The summed E-state index contributed by atoms with van der Waals surface area (Å²) < 4.78 is 0.831. The third kappa shape index (κ3) is 3.84. The van der Waals surface area contributed by atoms with Gasteiger partial charge in [-0.1, -0.05) is 12.1 Å². The molecule has 1 unspecified atom stereocenters. The summed E-state index contributed by atoms with van der Waals surface area (Å²) in [6, 6.07) is 5.69. The van der Waals surface area contributed by atoms with Gasteiger partial charge in [-0.25, -0.2) is 0 Å². The predicted octanol–water partition coefficient (Wildman–Crippen LogP) is 3.62. The van der Waals surface area contributed by atoms with Crippen LogP contribution in [-0.2, 0) is 4.79 Å². The van der Waals surface area contributed by atoms with Gasteiger partial charge >= 0.3 is 5.97 Å². The zero-order valence-electron chi connectivity index (χ0n) is 12.1. The molecule has 1 aromatic carbocycles. The van der Waals surface area contributed by atoms with E-state index in [0.29, 0.717) is 18.5 Å². The van der Waals surface area contributed by atoms with Crippen LogP contribution in [0.5, 0.6) is 0 Å². The third-order valence-corrected chi connectivity index (χ3v) is 5.05. The van der Waals surface area contributed by atoms with Gasteiger partial charge in [-0.15, -0.1) is 0 Å². The molecular formula is C16H20BrNO3. The average Bonchev–Trinajstić information content (AvgIpc) is 2.47. The number of carboxylic acids is 1. The molecule has 4 nitrogen and oxygen atoms in total. The largest absolute Gasteiger partial charge is 0.481 e. The van der Waals surface area contributed by atoms with E-state index < -0.39 is 5.97 Å². The number of piperidine rings is 1. The molecule has 0 aliphatic carbocycles. The van der Waals surface area contributed by atoms with Crippen molar-refractivity contribution in [1.29, 1.82) is 0 Å². The summed E-state index contributed by atoms with van der Waals surface area (Å²) >= 11 is 3.49. The molecule has 1 saturated heterocycles. The first-order valence-corrected chi connectivity index (χ1v) is 8.08. The van der Waals surface area contributed by atoms with Crippen LogP contribution < -0.4 is 0 Å². The first kappa shape index (κ1) is 16.0. The van der Waals surface area contributed by atoms with Gasteiger partial charge < -0.3 is 10.0 Å². The van der Waals surface area contributed by atoms with E-state index in [2.05, 4.69) is 15.9 Å². The van der Waals surface area contributed by atoms with Crippen molar-refractivity contribution in [3.8, 4) is 0 Å². The molecule has 1 amide bonds. The van der Waals surface area contributed by atoms with Gasteiger partial charge in [-0.05, 0) is 60.2 Å². The lowest BCUT2D eigenvalue weighted by atomic mass is 9.96. The van der Waals surface area contributed by atoms with Gasteiger partial charge in [-0.3, -0.25) is 9.59 Å². The number of hydrogen-bond acceptors (Lipinski definition) is 2. The maximum Gasteiger partial charge on any atom is 0.303 e. The van der Waals surface area contributed by atoms with Gasteiger partial charge in [0.15, 0.2) is 0 Å². The molecule has 0 aromatic heterocycles. The fourth-order valence-corrected chi connectivity index (χ4v) is 3.26. The van der Waals surface area contributed by atoms with Crippen LogP contribution in [0.1, 0.15) is 48.0 Å². The molecule has 1 aliphatic rings. The van der Waals surface area contributed by atoms with Crippen LogP contribution in [0, 0.1) is 6.92 Å². The summed E-state index contributed by atoms with van der Waals surface area (Å²) in [7, 11) is 0. The highest BCUT2D eigenvalue weighted by atomic mass is 79.9. The molecule has 5 heteroatoms. The number of carboxylic acid groups (broad SMARTS) is 1. The van der Waals surface area contributed by atoms with Crippen LogP contribution in [0.15, 0.2) is 22.7 Å². The zero-order valence-corrected chi connectivity index (χ0v) is 13.7. The number of carbonyl (C=O) groups excluding carboxylic acids is 1. The Kier molecular flexibility index (Phi) is 5.39. The van der Waals surface area contributed by atoms with E-state index in [1.165, 1.54) is 0 Å². The van der Waals surface area contributed by atoms with Crippen molar-refractivity contribution < 1.29 is 14.7 Å². The predicted molar refractivity (Wildman–Crippen MR) is 84.4 cm³/mol. The Hall–Kier alpha value is -1.36. The molecule has 2 rings (SSSR count). The van der Waals surface area contributed by atoms with Crippen LogP contribution in [0.4, 0.5) is 0 Å². The Bertz CT molecular complexity index is 544. The molecule has 1 aliphatic heterocycles. The topological polar surface area (TPSA) is 57.6 Å². The molecule has 0 bridgehead atoms. The van der Waals surface area contributed by atoms with Crippen molar-refractivity contribution in [1.82, 2.24) is 4.90 Å². The minimum absolute atomic E-state index is 0.000615. The normalized spacial score (nSPS) is 18.6. The molecule has 1 heterocycles. The van der Waals surface area contributed by atoms with Crippen molar-refractivity contribution in [3.63, 3.8) is 0 Å². The van der Waals surface area contributed by atoms with Crippen LogP contribution in [0.2, 0.25) is 0 Å². The molecule has 21 heavy (non-hydrogen) atoms. The van der Waals surface area contributed by atoms with E-state index >= 15 is 0 Å². The minimum atomic E-state index is -0.801. The second-order valence-electron chi connectivity index (χ2n) is 5.52. The Morgan fingerprint density at radius 1 is 1.38 bits per heavy atom. The number of nitrogens with zero attached hydrogens (tertiary/aromatic N) is 1. The van der Waals surface area contributed by atoms with Crippen molar-refractivity contribution in [3.05, 3.63) is 33.8 Å². The summed E-state index contributed by atoms with van der Waals surface area (Å²) in [6.07, 6.45) is 3.58. The van der Waals surface area contributed by atoms with Gasteiger partial charge in [0.25, 0.3) is 5.91 Å². The van der Waals surface area contributed by atoms with Crippen LogP contribution in [0.3, 0.4) is 0 Å². The lowest BCUT2D eigenvalue weighted by molar-refractivity contribution is -0.137. The smallest absolute Gasteiger partial charge is 0.303 e. The second kappa shape index (κ2) is 7.07. The second-order valence-corrected chi connectivity index (χ2v) is 6.31. The third-order valence-electron chi connectivity index (χ3n) is 4.00. The van der Waals surface area contributed by atoms with E-state index in [0.717, 1.165) is 29.3 Å². The summed E-state index contributed by atoms with van der Waals surface area (Å²) in [4.78, 5) is 25.4. The summed E-state index contributed by atoms with van der Waals surface area (Å²) in [6.45, 7) is 2.67. The lowest BCUT2D eigenvalue weighted by Gasteiger charge is -2.36. The van der Waals surface area contributed by atoms with E-state index in [1.807, 2.05) is 30.0 Å². The van der Waals surface area contributed by atoms with E-state index in [1.54, 1.807) is 0 Å². The van der Waals surface area contributed by atoms with Gasteiger partial charge in [0, 0.05) is 23.5 Å². The SMILES string of the molecule is Cc1cccc(C(=O)N2CCCCC2CCC(=O)O)c1Br. The Labute approximate surface area is 133 Å². The first-order valence-electron chi connectivity index (χ1n) is 7.28. The maximum absolute atomic E-state index is 12.8. The molecule has 0 radical (unpaired) electrons. The lowest BCUT2D eigenvalue weighted by Crippen LogP contribution is -2.44. The number of aliphatic carboxylic acids is 1. The van der Waals surface area contributed by atoms with Gasteiger partial charge in [-0.2, -0.15) is 0 Å². The van der Waals surface area contributed by atoms with Gasteiger partial charge in [0.1, 0.15) is 0 Å². The maximum atomic E-state index is 12.8. The number of aryl methyl sites for hydroxylation is 1. The molecule has 1 atom stereocenters. The highest BCUT2D eigenvalue weighted by Crippen LogP contribution is 2.27. The number of halogens is 1.